The van der Waals surface area contributed by atoms with Gasteiger partial charge in [0.15, 0.2) is 0 Å². The van der Waals surface area contributed by atoms with Gasteiger partial charge in [0.1, 0.15) is 16.9 Å². The number of hydrogen-bond acceptors (Lipinski definition) is 3. The number of hydrogen-bond donors (Lipinski definition) is 1. The molecule has 2 atom stereocenters. The first-order valence-electron chi connectivity index (χ1n) is 11.2. The van der Waals surface area contributed by atoms with Gasteiger partial charge >= 0.3 is 5.97 Å². The monoisotopic (exact) mass is 407 g/mol. The predicted molar refractivity (Wildman–Crippen MR) is 119 cm³/mol. The van der Waals surface area contributed by atoms with Crippen LogP contribution >= 0.6 is 0 Å². The average Bonchev–Trinajstić information content (AvgIpc) is 2.73. The summed E-state index contributed by atoms with van der Waals surface area (Å²) in [6.45, 7) is 10.0. The highest BCUT2D eigenvalue weighted by atomic mass is 16.5. The van der Waals surface area contributed by atoms with E-state index in [1.54, 1.807) is 6.07 Å². The zero-order valence-electron chi connectivity index (χ0n) is 18.4. The van der Waals surface area contributed by atoms with Gasteiger partial charge in [-0.3, -0.25) is 0 Å². The minimum atomic E-state index is -0.933. The van der Waals surface area contributed by atoms with Gasteiger partial charge in [-0.25, -0.2) is 4.79 Å². The van der Waals surface area contributed by atoms with E-state index in [1.807, 2.05) is 18.2 Å². The van der Waals surface area contributed by atoms with Crippen molar-refractivity contribution < 1.29 is 14.6 Å². The lowest BCUT2D eigenvalue weighted by molar-refractivity contribution is -0.115. The maximum Gasteiger partial charge on any atom is 0.339 e. The van der Waals surface area contributed by atoms with Crippen LogP contribution in [-0.2, 0) is 12.0 Å². The van der Waals surface area contributed by atoms with Crippen molar-refractivity contribution in [2.45, 2.75) is 52.1 Å². The van der Waals surface area contributed by atoms with Crippen LogP contribution in [-0.4, -0.2) is 35.6 Å². The molecule has 0 amide bonds. The number of carboxylic acid groups (broad SMARTS) is 1. The SMILES string of the molecule is CC1Cc2cccc(C(=O)O)c2OC1(c1ccccc1)C(C)(C)CN1CCCCC1. The molecular weight excluding hydrogens is 374 g/mol. The molecule has 2 heterocycles. The number of piperidine rings is 1. The highest BCUT2D eigenvalue weighted by molar-refractivity contribution is 5.91. The third-order valence-electron chi connectivity index (χ3n) is 7.09. The minimum Gasteiger partial charge on any atom is -0.480 e. The quantitative estimate of drug-likeness (QED) is 0.725. The van der Waals surface area contributed by atoms with Crippen LogP contribution in [0.4, 0.5) is 0 Å². The van der Waals surface area contributed by atoms with Gasteiger partial charge < -0.3 is 14.7 Å². The molecule has 0 aliphatic carbocycles. The Morgan fingerprint density at radius 2 is 1.80 bits per heavy atom. The number of ether oxygens (including phenoxy) is 1. The fourth-order valence-electron chi connectivity index (χ4n) is 5.79. The Morgan fingerprint density at radius 3 is 2.47 bits per heavy atom. The second-order valence-corrected chi connectivity index (χ2v) is 9.63. The van der Waals surface area contributed by atoms with Gasteiger partial charge in [-0.1, -0.05) is 69.7 Å². The molecule has 2 unspecified atom stereocenters. The van der Waals surface area contributed by atoms with Crippen molar-refractivity contribution >= 4 is 5.97 Å². The first-order valence-corrected chi connectivity index (χ1v) is 11.2. The second kappa shape index (κ2) is 8.07. The normalized spacial score (nSPS) is 24.7. The molecule has 2 aliphatic rings. The molecule has 2 aromatic carbocycles. The van der Waals surface area contributed by atoms with Crippen molar-refractivity contribution in [2.24, 2.45) is 11.3 Å². The zero-order valence-corrected chi connectivity index (χ0v) is 18.4. The third kappa shape index (κ3) is 3.51. The van der Waals surface area contributed by atoms with Gasteiger partial charge in [-0.05, 0) is 49.5 Å². The Kier molecular flexibility index (Phi) is 5.63. The molecule has 1 N–H and O–H groups in total. The van der Waals surface area contributed by atoms with E-state index in [4.69, 9.17) is 4.74 Å². The van der Waals surface area contributed by atoms with Crippen LogP contribution in [0.15, 0.2) is 48.5 Å². The van der Waals surface area contributed by atoms with Crippen molar-refractivity contribution in [2.75, 3.05) is 19.6 Å². The van der Waals surface area contributed by atoms with Crippen LogP contribution < -0.4 is 4.74 Å². The van der Waals surface area contributed by atoms with Crippen molar-refractivity contribution in [3.8, 4) is 5.75 Å². The number of carbonyl (C=O) groups is 1. The van der Waals surface area contributed by atoms with Crippen molar-refractivity contribution in [1.29, 1.82) is 0 Å². The lowest BCUT2D eigenvalue weighted by atomic mass is 9.61. The Morgan fingerprint density at radius 1 is 1.10 bits per heavy atom. The molecule has 2 aliphatic heterocycles. The van der Waals surface area contributed by atoms with Crippen molar-refractivity contribution in [1.82, 2.24) is 4.90 Å². The summed E-state index contributed by atoms with van der Waals surface area (Å²) in [5, 5.41) is 9.82. The Balaban J connectivity index is 1.84. The zero-order chi connectivity index (χ0) is 21.4. The van der Waals surface area contributed by atoms with Crippen LogP contribution in [0.1, 0.15) is 61.5 Å². The van der Waals surface area contributed by atoms with Gasteiger partial charge in [0.05, 0.1) is 0 Å². The van der Waals surface area contributed by atoms with E-state index in [0.717, 1.165) is 37.2 Å². The Labute approximate surface area is 179 Å². The second-order valence-electron chi connectivity index (χ2n) is 9.63. The number of carboxylic acids is 1. The minimum absolute atomic E-state index is 0.205. The van der Waals surface area contributed by atoms with E-state index >= 15 is 0 Å². The molecule has 0 spiro atoms. The van der Waals surface area contributed by atoms with Gasteiger partial charge in [0, 0.05) is 17.9 Å². The molecule has 0 radical (unpaired) electrons. The summed E-state index contributed by atoms with van der Waals surface area (Å²) in [6.07, 6.45) is 4.60. The van der Waals surface area contributed by atoms with E-state index in [0.29, 0.717) is 5.75 Å². The van der Waals surface area contributed by atoms with Crippen LogP contribution in [0, 0.1) is 11.3 Å². The fraction of sp³-hybridized carbons (Fsp3) is 0.500. The molecule has 30 heavy (non-hydrogen) atoms. The Hall–Kier alpha value is -2.33. The topological polar surface area (TPSA) is 49.8 Å². The maximum atomic E-state index is 12.0. The number of nitrogens with zero attached hydrogens (tertiary/aromatic N) is 1. The van der Waals surface area contributed by atoms with Crippen LogP contribution in [0.5, 0.6) is 5.75 Å². The summed E-state index contributed by atoms with van der Waals surface area (Å²) in [6, 6.07) is 15.9. The molecule has 2 aromatic rings. The van der Waals surface area contributed by atoms with Crippen molar-refractivity contribution in [3.63, 3.8) is 0 Å². The number of fused-ring (bicyclic) bond motifs is 1. The van der Waals surface area contributed by atoms with E-state index < -0.39 is 11.6 Å². The van der Waals surface area contributed by atoms with Gasteiger partial charge in [0.25, 0.3) is 0 Å². The lowest BCUT2D eigenvalue weighted by Crippen LogP contribution is -2.58. The number of aromatic carboxylic acids is 1. The molecule has 1 fully saturated rings. The molecule has 0 aromatic heterocycles. The van der Waals surface area contributed by atoms with Gasteiger partial charge in [-0.15, -0.1) is 0 Å². The standard InChI is InChI=1S/C26H33NO3/c1-19-17-20-11-10-14-22(24(28)29)23(20)30-26(19,21-12-6-4-7-13-21)25(2,3)18-27-15-8-5-9-16-27/h4,6-7,10-14,19H,5,8-9,15-18H2,1-3H3,(H,28,29). The molecule has 4 heteroatoms. The highest BCUT2D eigenvalue weighted by Crippen LogP contribution is 2.54. The third-order valence-corrected chi connectivity index (χ3v) is 7.09. The summed E-state index contributed by atoms with van der Waals surface area (Å²) in [4.78, 5) is 14.5. The smallest absolute Gasteiger partial charge is 0.339 e. The summed E-state index contributed by atoms with van der Waals surface area (Å²) < 4.78 is 6.91. The molecule has 1 saturated heterocycles. The first kappa shape index (κ1) is 20.9. The lowest BCUT2D eigenvalue weighted by Gasteiger charge is -2.54. The number of rotatable bonds is 5. The molecule has 0 bridgehead atoms. The number of para-hydroxylation sites is 1. The number of benzene rings is 2. The molecule has 4 nitrogen and oxygen atoms in total. The van der Waals surface area contributed by atoms with Crippen molar-refractivity contribution in [3.05, 3.63) is 65.2 Å². The highest BCUT2D eigenvalue weighted by Gasteiger charge is 2.55. The maximum absolute atomic E-state index is 12.0. The van der Waals surface area contributed by atoms with E-state index in [2.05, 4.69) is 49.9 Å². The van der Waals surface area contributed by atoms with Crippen LogP contribution in [0.2, 0.25) is 0 Å². The van der Waals surface area contributed by atoms with E-state index in [-0.39, 0.29) is 16.9 Å². The average molecular weight is 408 g/mol. The number of likely N-dealkylation sites (tertiary alicyclic amines) is 1. The largest absolute Gasteiger partial charge is 0.480 e. The summed E-state index contributed by atoms with van der Waals surface area (Å²) in [7, 11) is 0. The molecular formula is C26H33NO3. The molecule has 160 valence electrons. The van der Waals surface area contributed by atoms with Gasteiger partial charge in [-0.2, -0.15) is 0 Å². The first-order chi connectivity index (χ1) is 14.3. The summed E-state index contributed by atoms with van der Waals surface area (Å²) in [5.74, 6) is -0.188. The van der Waals surface area contributed by atoms with Crippen LogP contribution in [0.25, 0.3) is 0 Å². The van der Waals surface area contributed by atoms with E-state index in [9.17, 15) is 9.90 Å². The predicted octanol–water partition coefficient (Wildman–Crippen LogP) is 5.36. The molecule has 4 rings (SSSR count). The van der Waals surface area contributed by atoms with Gasteiger partial charge in [0.2, 0.25) is 0 Å². The summed E-state index contributed by atoms with van der Waals surface area (Å²) >= 11 is 0. The van der Waals surface area contributed by atoms with E-state index in [1.165, 1.54) is 19.3 Å². The summed E-state index contributed by atoms with van der Waals surface area (Å²) in [5.41, 5.74) is 1.56. The Bertz CT molecular complexity index is 902. The van der Waals surface area contributed by atoms with Crippen LogP contribution in [0.3, 0.4) is 0 Å². The molecule has 0 saturated carbocycles. The fourth-order valence-corrected chi connectivity index (χ4v) is 5.79.